The summed E-state index contributed by atoms with van der Waals surface area (Å²) in [5.74, 6) is 1.64. The van der Waals surface area contributed by atoms with Crippen LogP contribution in [-0.2, 0) is 0 Å². The standard InChI is InChI=1S/C33H35ClN2O3S/c34-26-9-14-29-30(23-26)40-33(25-7-12-28(13-8-25)39-22-20-36-17-3-4-18-36)31(29)32(37)24-5-10-27(11-6-24)38-21-19-35-15-1-2-16-35/h5-14,23H,1-4,15-22H2. The molecule has 6 rings (SSSR count). The van der Waals surface area contributed by atoms with Crippen molar-refractivity contribution in [3.63, 3.8) is 0 Å². The van der Waals surface area contributed by atoms with Gasteiger partial charge in [0.15, 0.2) is 5.78 Å². The van der Waals surface area contributed by atoms with Gasteiger partial charge in [-0.1, -0.05) is 17.7 Å². The number of thiophene rings is 1. The molecule has 0 atom stereocenters. The molecule has 0 unspecified atom stereocenters. The van der Waals surface area contributed by atoms with Gasteiger partial charge in [0.05, 0.1) is 0 Å². The van der Waals surface area contributed by atoms with Crippen molar-refractivity contribution in [3.8, 4) is 21.9 Å². The summed E-state index contributed by atoms with van der Waals surface area (Å²) in [7, 11) is 0. The summed E-state index contributed by atoms with van der Waals surface area (Å²) < 4.78 is 13.0. The fraction of sp³-hybridized carbons (Fsp3) is 0.364. The van der Waals surface area contributed by atoms with Crippen molar-refractivity contribution >= 4 is 38.8 Å². The van der Waals surface area contributed by atoms with Gasteiger partial charge in [-0.2, -0.15) is 0 Å². The largest absolute Gasteiger partial charge is 0.492 e. The minimum atomic E-state index is -0.00173. The summed E-state index contributed by atoms with van der Waals surface area (Å²) in [6, 6.07) is 21.4. The zero-order valence-corrected chi connectivity index (χ0v) is 24.3. The Balaban J connectivity index is 1.19. The van der Waals surface area contributed by atoms with Gasteiger partial charge in [-0.25, -0.2) is 0 Å². The van der Waals surface area contributed by atoms with E-state index in [1.54, 1.807) is 11.3 Å². The predicted octanol–water partition coefficient (Wildman–Crippen LogP) is 7.40. The quantitative estimate of drug-likeness (QED) is 0.175. The third-order valence-corrected chi connectivity index (χ3v) is 9.30. The normalized spacial score (nSPS) is 16.1. The highest BCUT2D eigenvalue weighted by molar-refractivity contribution is 7.22. The topological polar surface area (TPSA) is 42.0 Å². The number of benzene rings is 3. The molecule has 3 heterocycles. The lowest BCUT2D eigenvalue weighted by molar-refractivity contribution is 0.104. The molecule has 0 aliphatic carbocycles. The molecule has 1 aromatic heterocycles. The van der Waals surface area contributed by atoms with Crippen LogP contribution in [0.25, 0.3) is 20.5 Å². The Labute approximate surface area is 245 Å². The Hall–Kier alpha value is -2.90. The molecule has 2 aliphatic heterocycles. The first-order valence-electron chi connectivity index (χ1n) is 14.3. The van der Waals surface area contributed by atoms with E-state index in [1.807, 2.05) is 66.7 Å². The lowest BCUT2D eigenvalue weighted by Gasteiger charge is -2.15. The van der Waals surface area contributed by atoms with Gasteiger partial charge < -0.3 is 9.47 Å². The van der Waals surface area contributed by atoms with Crippen LogP contribution in [0.4, 0.5) is 0 Å². The average molecular weight is 575 g/mol. The highest BCUT2D eigenvalue weighted by Gasteiger charge is 2.22. The van der Waals surface area contributed by atoms with E-state index < -0.39 is 0 Å². The third-order valence-electron chi connectivity index (χ3n) is 7.86. The van der Waals surface area contributed by atoms with Gasteiger partial charge in [0.2, 0.25) is 0 Å². The number of likely N-dealkylation sites (tertiary alicyclic amines) is 2. The lowest BCUT2D eigenvalue weighted by Crippen LogP contribution is -2.25. The van der Waals surface area contributed by atoms with Crippen molar-refractivity contribution in [1.82, 2.24) is 9.80 Å². The fourth-order valence-corrected chi connectivity index (χ4v) is 7.13. The number of carbonyl (C=O) groups is 1. The molecule has 2 fully saturated rings. The molecule has 40 heavy (non-hydrogen) atoms. The number of halogens is 1. The van der Waals surface area contributed by atoms with Crippen LogP contribution >= 0.6 is 22.9 Å². The van der Waals surface area contributed by atoms with Crippen LogP contribution in [0, 0.1) is 0 Å². The second-order valence-electron chi connectivity index (χ2n) is 10.6. The van der Waals surface area contributed by atoms with Crippen LogP contribution < -0.4 is 9.47 Å². The number of fused-ring (bicyclic) bond motifs is 1. The highest BCUT2D eigenvalue weighted by Crippen LogP contribution is 2.41. The van der Waals surface area contributed by atoms with Gasteiger partial charge in [0.25, 0.3) is 0 Å². The van der Waals surface area contributed by atoms with Gasteiger partial charge in [-0.3, -0.25) is 14.6 Å². The molecule has 2 aliphatic rings. The molecule has 7 heteroatoms. The van der Waals surface area contributed by atoms with E-state index in [0.29, 0.717) is 29.4 Å². The van der Waals surface area contributed by atoms with Crippen LogP contribution in [-0.4, -0.2) is 68.1 Å². The summed E-state index contributed by atoms with van der Waals surface area (Å²) >= 11 is 7.92. The maximum absolute atomic E-state index is 13.9. The van der Waals surface area contributed by atoms with Crippen molar-refractivity contribution < 1.29 is 14.3 Å². The maximum atomic E-state index is 13.9. The average Bonchev–Trinajstić information content (AvgIpc) is 3.75. The van der Waals surface area contributed by atoms with E-state index in [9.17, 15) is 4.79 Å². The molecule has 0 saturated carbocycles. The van der Waals surface area contributed by atoms with Gasteiger partial charge >= 0.3 is 0 Å². The molecular weight excluding hydrogens is 540 g/mol. The monoisotopic (exact) mass is 574 g/mol. The molecule has 4 aromatic rings. The van der Waals surface area contributed by atoms with Crippen molar-refractivity contribution in [2.45, 2.75) is 25.7 Å². The van der Waals surface area contributed by atoms with Gasteiger partial charge in [-0.05, 0) is 118 Å². The second-order valence-corrected chi connectivity index (χ2v) is 12.1. The van der Waals surface area contributed by atoms with Crippen molar-refractivity contribution in [3.05, 3.63) is 82.9 Å². The molecule has 0 bridgehead atoms. The first kappa shape index (κ1) is 27.3. The minimum Gasteiger partial charge on any atom is -0.492 e. The van der Waals surface area contributed by atoms with Crippen LogP contribution in [0.1, 0.15) is 41.6 Å². The highest BCUT2D eigenvalue weighted by atomic mass is 35.5. The summed E-state index contributed by atoms with van der Waals surface area (Å²) in [5, 5.41) is 1.59. The zero-order valence-electron chi connectivity index (χ0n) is 22.7. The molecule has 0 radical (unpaired) electrons. The minimum absolute atomic E-state index is 0.00173. The fourth-order valence-electron chi connectivity index (χ4n) is 5.65. The number of ketones is 1. The number of hydrogen-bond acceptors (Lipinski definition) is 6. The molecule has 3 aromatic carbocycles. The molecule has 0 amide bonds. The summed E-state index contributed by atoms with van der Waals surface area (Å²) in [6.07, 6.45) is 5.12. The molecule has 5 nitrogen and oxygen atoms in total. The Kier molecular flexibility index (Phi) is 8.68. The first-order valence-corrected chi connectivity index (χ1v) is 15.5. The van der Waals surface area contributed by atoms with Crippen LogP contribution in [0.5, 0.6) is 11.5 Å². The smallest absolute Gasteiger partial charge is 0.195 e. The van der Waals surface area contributed by atoms with Gasteiger partial charge in [0.1, 0.15) is 24.7 Å². The molecule has 0 N–H and O–H groups in total. The van der Waals surface area contributed by atoms with Crippen LogP contribution in [0.15, 0.2) is 66.7 Å². The molecule has 0 spiro atoms. The number of nitrogens with zero attached hydrogens (tertiary/aromatic N) is 2. The molecule has 208 valence electrons. The number of ether oxygens (including phenoxy) is 2. The third kappa shape index (κ3) is 6.36. The first-order chi connectivity index (χ1) is 19.6. The van der Waals surface area contributed by atoms with Crippen molar-refractivity contribution in [2.75, 3.05) is 52.5 Å². The van der Waals surface area contributed by atoms with Gasteiger partial charge in [0, 0.05) is 44.2 Å². The lowest BCUT2D eigenvalue weighted by atomic mass is 9.97. The van der Waals surface area contributed by atoms with Crippen molar-refractivity contribution in [1.29, 1.82) is 0 Å². The number of hydrogen-bond donors (Lipinski definition) is 0. The summed E-state index contributed by atoms with van der Waals surface area (Å²) in [6.45, 7) is 7.90. The number of rotatable bonds is 11. The van der Waals surface area contributed by atoms with E-state index in [0.717, 1.165) is 58.2 Å². The summed E-state index contributed by atoms with van der Waals surface area (Å²) in [5.41, 5.74) is 2.35. The van der Waals surface area contributed by atoms with Crippen molar-refractivity contribution in [2.24, 2.45) is 0 Å². The van der Waals surface area contributed by atoms with Gasteiger partial charge in [-0.15, -0.1) is 11.3 Å². The molecule has 2 saturated heterocycles. The Morgan fingerprint density at radius 3 is 1.88 bits per heavy atom. The second kappa shape index (κ2) is 12.7. The Morgan fingerprint density at radius 1 is 0.750 bits per heavy atom. The van der Waals surface area contributed by atoms with E-state index in [2.05, 4.69) is 9.80 Å². The van der Waals surface area contributed by atoms with E-state index in [4.69, 9.17) is 21.1 Å². The van der Waals surface area contributed by atoms with E-state index in [-0.39, 0.29) is 5.78 Å². The van der Waals surface area contributed by atoms with Crippen LogP contribution in [0.2, 0.25) is 5.02 Å². The summed E-state index contributed by atoms with van der Waals surface area (Å²) in [4.78, 5) is 19.7. The predicted molar refractivity (Wildman–Crippen MR) is 164 cm³/mol. The molecular formula is C33H35ClN2O3S. The Morgan fingerprint density at radius 2 is 1.30 bits per heavy atom. The zero-order chi connectivity index (χ0) is 27.3. The maximum Gasteiger partial charge on any atom is 0.195 e. The van der Waals surface area contributed by atoms with E-state index >= 15 is 0 Å². The van der Waals surface area contributed by atoms with Crippen LogP contribution in [0.3, 0.4) is 0 Å². The SMILES string of the molecule is O=C(c1ccc(OCCN2CCCC2)cc1)c1c(-c2ccc(OCCN3CCCC3)cc2)sc2cc(Cl)ccc12. The Bertz CT molecular complexity index is 1440. The van der Waals surface area contributed by atoms with E-state index in [1.165, 1.54) is 38.8 Å². The number of carbonyl (C=O) groups excluding carboxylic acids is 1.